The topological polar surface area (TPSA) is 591 Å². The Balaban J connectivity index is 1.46. The van der Waals surface area contributed by atoms with Gasteiger partial charge < -0.3 is 123 Å². The lowest BCUT2D eigenvalue weighted by molar-refractivity contribution is -0.156. The molecule has 11 amide bonds. The predicted octanol–water partition coefficient (Wildman–Crippen LogP) is -8.39. The molecular weight excluding hydrogens is 1350 g/mol. The van der Waals surface area contributed by atoms with Crippen LogP contribution in [0.5, 0.6) is 5.75 Å². The smallest absolute Gasteiger partial charge is 0.305 e. The second-order valence-electron chi connectivity index (χ2n) is 26.6. The van der Waals surface area contributed by atoms with Gasteiger partial charge in [-0.2, -0.15) is 4.73 Å². The average molecular weight is 1450 g/mol. The van der Waals surface area contributed by atoms with Crippen molar-refractivity contribution in [3.8, 4) is 5.75 Å². The number of hydrogen-bond acceptors (Lipinski definition) is 25. The van der Waals surface area contributed by atoms with Crippen molar-refractivity contribution < 1.29 is 119 Å². The fraction of sp³-hybridized carbons (Fsp3) is 0.587. The fourth-order valence-electron chi connectivity index (χ4n) is 10.5. The Morgan fingerprint density at radius 1 is 0.735 bits per heavy atom. The number of carboxylic acids is 1. The highest BCUT2D eigenvalue weighted by Crippen LogP contribution is 2.25. The lowest BCUT2D eigenvalue weighted by atomic mass is 9.85. The highest BCUT2D eigenvalue weighted by atomic mass is 16.5. The number of aliphatic hydroxyl groups is 8. The minimum atomic E-state index is -2.41. The number of carboxylic acid groups (broad SMARTS) is 1. The third-order valence-electron chi connectivity index (χ3n) is 16.5. The number of carbonyl (C=O) groups excluding carboxylic acids is 11. The van der Waals surface area contributed by atoms with Gasteiger partial charge in [0, 0.05) is 46.8 Å². The van der Waals surface area contributed by atoms with E-state index in [-0.39, 0.29) is 37.2 Å². The van der Waals surface area contributed by atoms with E-state index in [2.05, 4.69) is 52.8 Å². The zero-order valence-corrected chi connectivity index (χ0v) is 58.0. The van der Waals surface area contributed by atoms with Crippen LogP contribution in [0.2, 0.25) is 0 Å². The van der Waals surface area contributed by atoms with Gasteiger partial charge in [-0.1, -0.05) is 51.1 Å². The van der Waals surface area contributed by atoms with Gasteiger partial charge in [-0.3, -0.25) is 62.3 Å². The molecule has 14 atom stereocenters. The number of likely N-dealkylation sites (N-methyl/N-ethyl adjacent to an activating group) is 1. The van der Waals surface area contributed by atoms with E-state index in [0.29, 0.717) is 16.5 Å². The van der Waals surface area contributed by atoms with Crippen LogP contribution in [0.15, 0.2) is 59.9 Å². The molecule has 0 radical (unpaired) electrons. The third-order valence-corrected chi connectivity index (χ3v) is 16.5. The minimum Gasteiger partial charge on any atom is -0.503 e. The molecule has 0 bridgehead atoms. The molecule has 1 fully saturated rings. The molecule has 39 heteroatoms. The number of rotatable bonds is 36. The van der Waals surface area contributed by atoms with Crippen LogP contribution in [0.25, 0.3) is 0 Å². The van der Waals surface area contributed by atoms with Crippen molar-refractivity contribution >= 4 is 70.9 Å². The van der Waals surface area contributed by atoms with Gasteiger partial charge >= 0.3 is 5.97 Å². The summed E-state index contributed by atoms with van der Waals surface area (Å²) in [6, 6.07) is -5.56. The van der Waals surface area contributed by atoms with Crippen molar-refractivity contribution in [1.82, 2.24) is 71.9 Å². The summed E-state index contributed by atoms with van der Waals surface area (Å²) in [6.45, 7) is 6.20. The second kappa shape index (κ2) is 36.7. The number of amides is 11. The molecule has 2 aromatic heterocycles. The maximum atomic E-state index is 14.2. The monoisotopic (exact) mass is 1450 g/mol. The van der Waals surface area contributed by atoms with Crippen molar-refractivity contribution in [2.45, 2.75) is 184 Å². The molecule has 39 nitrogen and oxygen atoms in total. The summed E-state index contributed by atoms with van der Waals surface area (Å²) in [4.78, 5) is 182. The number of carbonyl (C=O) groups is 12. The summed E-state index contributed by atoms with van der Waals surface area (Å²) in [5, 5.41) is 137. The summed E-state index contributed by atoms with van der Waals surface area (Å²) in [5.41, 5.74) is -6.33. The number of methoxy groups -OCH3 is 1. The van der Waals surface area contributed by atoms with Gasteiger partial charge in [-0.25, -0.2) is 4.98 Å². The Labute approximate surface area is 584 Å². The number of nitrogens with one attached hydrogen (secondary N) is 9. The highest BCUT2D eigenvalue weighted by Gasteiger charge is 2.46. The first-order chi connectivity index (χ1) is 47.4. The number of hydrogen-bond donors (Lipinski definition) is 20. The molecule has 3 heterocycles. The summed E-state index contributed by atoms with van der Waals surface area (Å²) in [5.74, 6) is -15.2. The maximum Gasteiger partial charge on any atom is 0.305 e. The normalized spacial score (nSPS) is 17.1. The molecule has 566 valence electrons. The van der Waals surface area contributed by atoms with E-state index in [4.69, 9.17) is 4.74 Å². The van der Waals surface area contributed by atoms with Gasteiger partial charge in [0.2, 0.25) is 58.6 Å². The zero-order valence-electron chi connectivity index (χ0n) is 58.0. The number of nitrogens with zero attached hydrogens (tertiary/aromatic N) is 5. The first kappa shape index (κ1) is 84.7. The molecule has 0 saturated carbocycles. The second-order valence-corrected chi connectivity index (χ2v) is 26.6. The van der Waals surface area contributed by atoms with Crippen LogP contribution in [-0.2, 0) is 82.3 Å². The number of aryl methyl sites for hydroxylation is 1. The fourth-order valence-corrected chi connectivity index (χ4v) is 10.5. The minimum absolute atomic E-state index is 0.0163. The van der Waals surface area contributed by atoms with Gasteiger partial charge in [0.05, 0.1) is 73.5 Å². The zero-order chi connectivity index (χ0) is 77.2. The van der Waals surface area contributed by atoms with Gasteiger partial charge in [0.1, 0.15) is 66.6 Å². The maximum absolute atomic E-state index is 14.2. The third kappa shape index (κ3) is 23.4. The van der Waals surface area contributed by atoms with Crippen molar-refractivity contribution in [2.24, 2.45) is 12.5 Å². The SMILES string of the molecule is CO[C@@H](CNC(=O)[C@H](NC(=O)[C@H](O)[C@H](C)O)[C@H](O)c1cncn1C)[C@H](O)[C@H](O)C(=O)N(C)[C@@H](Cc1ccccc1)C(=O)NCC(=O)N[C@H](C(=O)N[C@@H](CO)C(=O)N[C@H](C(=O)N[C@H](C(=O)N[C@@H](CC(=O)O)C(=O)N1CCC[C@H]1C(=O)NCc1cc(=O)c(O)cn1O)C(C)(C)C)C(C)(C)O)C(C)(C)O. The molecule has 1 aliphatic rings. The lowest BCUT2D eigenvalue weighted by Gasteiger charge is -2.36. The van der Waals surface area contributed by atoms with E-state index >= 15 is 0 Å². The molecule has 0 unspecified atom stereocenters. The Morgan fingerprint density at radius 2 is 1.31 bits per heavy atom. The summed E-state index contributed by atoms with van der Waals surface area (Å²) in [6.07, 6.45) is -9.54. The molecule has 1 aromatic carbocycles. The molecule has 20 N–H and O–H groups in total. The number of likely N-dealkylation sites (tertiary alicyclic amines) is 1. The van der Waals surface area contributed by atoms with Crippen molar-refractivity contribution in [3.63, 3.8) is 0 Å². The number of ether oxygens (including phenoxy) is 1. The molecule has 1 aliphatic heterocycles. The molecule has 0 aliphatic carbocycles. The summed E-state index contributed by atoms with van der Waals surface area (Å²) in [7, 11) is 3.57. The molecule has 0 spiro atoms. The Kier molecular flexibility index (Phi) is 30.5. The quantitative estimate of drug-likeness (QED) is 0.0240. The van der Waals surface area contributed by atoms with E-state index in [1.807, 2.05) is 0 Å². The number of aliphatic hydroxyl groups excluding tert-OH is 6. The first-order valence-corrected chi connectivity index (χ1v) is 31.9. The van der Waals surface area contributed by atoms with Crippen LogP contribution in [0.4, 0.5) is 0 Å². The number of benzene rings is 1. The summed E-state index contributed by atoms with van der Waals surface area (Å²) >= 11 is 0. The van der Waals surface area contributed by atoms with Crippen LogP contribution in [0.1, 0.15) is 97.7 Å². The van der Waals surface area contributed by atoms with E-state index in [0.717, 1.165) is 64.6 Å². The molecule has 4 rings (SSSR count). The van der Waals surface area contributed by atoms with Crippen molar-refractivity contribution in [2.75, 3.05) is 40.4 Å². The Hall–Kier alpha value is -9.74. The molecule has 102 heavy (non-hydrogen) atoms. The lowest BCUT2D eigenvalue weighted by Crippen LogP contribution is -2.66. The van der Waals surface area contributed by atoms with E-state index in [9.17, 15) is 119 Å². The number of pyridine rings is 1. The van der Waals surface area contributed by atoms with E-state index in [1.54, 1.807) is 30.3 Å². The number of aliphatic carboxylic acids is 1. The van der Waals surface area contributed by atoms with E-state index in [1.165, 1.54) is 44.9 Å². The summed E-state index contributed by atoms with van der Waals surface area (Å²) < 4.78 is 7.00. The Bertz CT molecular complexity index is 3530. The number of aromatic hydroxyl groups is 1. The van der Waals surface area contributed by atoms with Crippen molar-refractivity contribution in [3.05, 3.63) is 82.3 Å². The van der Waals surface area contributed by atoms with Gasteiger partial charge in [-0.05, 0) is 58.4 Å². The number of imidazole rings is 1. The van der Waals surface area contributed by atoms with E-state index < -0.39 is 216 Å². The average Bonchev–Trinajstić information content (AvgIpc) is 1.38. The Morgan fingerprint density at radius 3 is 1.86 bits per heavy atom. The van der Waals surface area contributed by atoms with Gasteiger partial charge in [-0.15, -0.1) is 0 Å². The van der Waals surface area contributed by atoms with Gasteiger partial charge in [0.25, 0.3) is 11.8 Å². The van der Waals surface area contributed by atoms with Crippen LogP contribution >= 0.6 is 0 Å². The number of aromatic nitrogens is 3. The standard InChI is InChI=1S/C63H94N14O25/c1-30(79)44(85)55(93)71-43(45(86)37-24-64-29-74(37)9)54(92)66-25-40(102-11)46(87)47(88)60(98)75(10)36(20-31-16-13-12-14-17-31)53(91)67-26-41(82)70-49(62(5,6)99)57(95)69-34(28-78)51(89)73-50(63(7,8)100)58(96)72-48(61(2,3)4)56(94)68-33(22-42(83)84)59(97)76-19-15-18-35(76)52(90)65-23-32-21-38(80)39(81)27-77(32)101/h12-14,16-17,21,24,27,29-30,33-36,40,43-50,78-79,81,85-88,99-101H,15,18-20,22-23,25-26,28H2,1-11H3,(H,65,90)(H,66,92)(H,67,91)(H,68,94)(H,69,95)(H,70,82)(H,71,93)(H,72,96)(H,73,89)(H,83,84)/t30-,33-,34-,35-,36-,40-,43+,44+,45+,46-,47-,48+,49+,50+/m0/s1. The van der Waals surface area contributed by atoms with Gasteiger partial charge in [0.15, 0.2) is 18.0 Å². The molecular formula is C63H94N14O25. The van der Waals surface area contributed by atoms with Crippen LogP contribution in [0, 0.1) is 5.41 Å². The highest BCUT2D eigenvalue weighted by molar-refractivity contribution is 5.99. The first-order valence-electron chi connectivity index (χ1n) is 31.9. The van der Waals surface area contributed by atoms with Crippen LogP contribution < -0.4 is 53.3 Å². The largest absolute Gasteiger partial charge is 0.503 e. The van der Waals surface area contributed by atoms with Crippen LogP contribution in [0.3, 0.4) is 0 Å². The predicted molar refractivity (Wildman–Crippen MR) is 350 cm³/mol. The van der Waals surface area contributed by atoms with Crippen molar-refractivity contribution in [1.29, 1.82) is 0 Å². The molecule has 1 saturated heterocycles. The molecule has 3 aromatic rings. The van der Waals surface area contributed by atoms with Crippen LogP contribution in [-0.4, -0.2) is 282 Å².